The fraction of sp³-hybridized carbons (Fsp3) is 0.300. The number of aryl methyl sites for hydroxylation is 2. The lowest BCUT2D eigenvalue weighted by Crippen LogP contribution is -2.29. The Balaban J connectivity index is 1.78. The lowest BCUT2D eigenvalue weighted by Gasteiger charge is -2.24. The van der Waals surface area contributed by atoms with Crippen LogP contribution in [0.15, 0.2) is 60.8 Å². The fourth-order valence-corrected chi connectivity index (χ4v) is 7.54. The molecule has 0 atom stereocenters. The van der Waals surface area contributed by atoms with Crippen LogP contribution in [0.1, 0.15) is 92.7 Å². The predicted octanol–water partition coefficient (Wildman–Crippen LogP) is 10.3. The van der Waals surface area contributed by atoms with Crippen molar-refractivity contribution in [2.24, 2.45) is 7.05 Å². The third-order valence-corrected chi connectivity index (χ3v) is 9.90. The van der Waals surface area contributed by atoms with Gasteiger partial charge in [0.1, 0.15) is 13.1 Å². The first-order valence-electron chi connectivity index (χ1n) is 15.7. The Labute approximate surface area is 254 Å². The number of nitriles is 1. The van der Waals surface area contributed by atoms with Crippen LogP contribution in [0.3, 0.4) is 0 Å². The van der Waals surface area contributed by atoms with E-state index >= 15 is 0 Å². The molecule has 7 rings (SSSR count). The first kappa shape index (κ1) is 27.4. The molecule has 3 heterocycles. The van der Waals surface area contributed by atoms with Crippen LogP contribution in [-0.4, -0.2) is 4.40 Å². The molecule has 214 valence electrons. The molecule has 0 N–H and O–H groups in total. The van der Waals surface area contributed by atoms with E-state index in [4.69, 9.17) is 0 Å². The summed E-state index contributed by atoms with van der Waals surface area (Å²) < 4.78 is 4.73. The van der Waals surface area contributed by atoms with Crippen LogP contribution in [0, 0.1) is 25.2 Å². The maximum absolute atomic E-state index is 10.4. The minimum absolute atomic E-state index is 0.394. The van der Waals surface area contributed by atoms with E-state index < -0.39 is 0 Å². The van der Waals surface area contributed by atoms with Gasteiger partial charge in [-0.25, -0.2) is 4.57 Å². The molecule has 3 heteroatoms. The van der Waals surface area contributed by atoms with Gasteiger partial charge in [-0.1, -0.05) is 71.9 Å². The summed E-state index contributed by atoms with van der Waals surface area (Å²) in [5.74, 6) is 1.26. The monoisotopic (exact) mass is 562 g/mol. The van der Waals surface area contributed by atoms with Crippen molar-refractivity contribution in [1.29, 1.82) is 5.26 Å². The number of benzene rings is 4. The van der Waals surface area contributed by atoms with Crippen LogP contribution in [0.25, 0.3) is 60.1 Å². The summed E-state index contributed by atoms with van der Waals surface area (Å²) in [6, 6.07) is 23.2. The Hall–Kier alpha value is -4.42. The van der Waals surface area contributed by atoms with Crippen molar-refractivity contribution in [2.45, 2.75) is 73.1 Å². The second-order valence-electron chi connectivity index (χ2n) is 13.5. The summed E-state index contributed by atoms with van der Waals surface area (Å²) in [7, 11) is 2.15. The second kappa shape index (κ2) is 9.55. The maximum Gasteiger partial charge on any atom is 0.224 e. The smallest absolute Gasteiger partial charge is 0.224 e. The molecule has 0 saturated heterocycles. The van der Waals surface area contributed by atoms with Crippen LogP contribution in [-0.2, 0) is 7.05 Å². The highest BCUT2D eigenvalue weighted by atomic mass is 15.0. The first-order chi connectivity index (χ1) is 20.5. The zero-order chi connectivity index (χ0) is 30.5. The Kier molecular flexibility index (Phi) is 6.09. The molecule has 3 aromatic heterocycles. The zero-order valence-electron chi connectivity index (χ0n) is 26.8. The van der Waals surface area contributed by atoms with Gasteiger partial charge in [0.05, 0.1) is 32.9 Å². The van der Waals surface area contributed by atoms with Gasteiger partial charge in [-0.3, -0.25) is 0 Å². The van der Waals surface area contributed by atoms with Crippen LogP contribution in [0.4, 0.5) is 0 Å². The number of nitrogens with zero attached hydrogens (tertiary/aromatic N) is 3. The quantitative estimate of drug-likeness (QED) is 0.119. The van der Waals surface area contributed by atoms with Crippen LogP contribution in [0.2, 0.25) is 0 Å². The highest BCUT2D eigenvalue weighted by Gasteiger charge is 2.28. The molecule has 0 saturated carbocycles. The predicted molar refractivity (Wildman–Crippen MR) is 182 cm³/mol. The molecule has 43 heavy (non-hydrogen) atoms. The fourth-order valence-electron chi connectivity index (χ4n) is 7.54. The van der Waals surface area contributed by atoms with Crippen molar-refractivity contribution in [1.82, 2.24) is 4.40 Å². The molecule has 0 bridgehead atoms. The lowest BCUT2D eigenvalue weighted by atomic mass is 9.81. The SMILES string of the molecule is Cc1c(C#N)c2c3ccccc3n3c4cc(-c5c(C(C)C)cc(C(C)C)cc5C(C)C)cc5cc[n+](C)c(c(c1C)c23)c54. The summed E-state index contributed by atoms with van der Waals surface area (Å²) in [5.41, 5.74) is 14.6. The third-order valence-electron chi connectivity index (χ3n) is 9.90. The zero-order valence-corrected chi connectivity index (χ0v) is 26.8. The molecule has 0 spiro atoms. The second-order valence-corrected chi connectivity index (χ2v) is 13.5. The van der Waals surface area contributed by atoms with Crippen molar-refractivity contribution >= 4 is 49.0 Å². The minimum atomic E-state index is 0.394. The number of pyridine rings is 2. The number of aromatic nitrogens is 2. The molecule has 0 aliphatic heterocycles. The van der Waals surface area contributed by atoms with E-state index in [1.54, 1.807) is 0 Å². The van der Waals surface area contributed by atoms with Crippen molar-refractivity contribution in [2.75, 3.05) is 0 Å². The normalized spacial score (nSPS) is 12.4. The summed E-state index contributed by atoms with van der Waals surface area (Å²) in [6.07, 6.45) is 2.21. The van der Waals surface area contributed by atoms with E-state index in [1.165, 1.54) is 60.6 Å². The van der Waals surface area contributed by atoms with Crippen LogP contribution >= 0.6 is 0 Å². The van der Waals surface area contributed by atoms with E-state index in [2.05, 4.69) is 138 Å². The van der Waals surface area contributed by atoms with E-state index in [-0.39, 0.29) is 0 Å². The van der Waals surface area contributed by atoms with E-state index in [1.807, 2.05) is 0 Å². The molecule has 7 aromatic rings. The van der Waals surface area contributed by atoms with Gasteiger partial charge < -0.3 is 4.40 Å². The summed E-state index contributed by atoms with van der Waals surface area (Å²) >= 11 is 0. The molecule has 0 fully saturated rings. The summed E-state index contributed by atoms with van der Waals surface area (Å²) in [6.45, 7) is 18.2. The molecule has 0 unspecified atom stereocenters. The number of rotatable bonds is 4. The Morgan fingerprint density at radius 2 is 1.42 bits per heavy atom. The van der Waals surface area contributed by atoms with Gasteiger partial charge in [0.2, 0.25) is 5.52 Å². The highest BCUT2D eigenvalue weighted by molar-refractivity contribution is 6.27. The molecular formula is C40H40N3+. The van der Waals surface area contributed by atoms with Gasteiger partial charge in [0.15, 0.2) is 6.20 Å². The molecule has 4 aromatic carbocycles. The van der Waals surface area contributed by atoms with E-state index in [0.717, 1.165) is 32.9 Å². The van der Waals surface area contributed by atoms with E-state index in [9.17, 15) is 5.26 Å². The summed E-state index contributed by atoms with van der Waals surface area (Å²) in [5, 5.41) is 16.4. The topological polar surface area (TPSA) is 32.1 Å². The molecular weight excluding hydrogens is 522 g/mol. The molecule has 0 radical (unpaired) electrons. The molecule has 0 amide bonds. The number of para-hydroxylation sites is 1. The standard InChI is InChI=1S/C40H40N3/c1-21(2)27-17-30(22(3)4)36(31(18-27)23(5)6)28-16-26-14-15-42(9)39-35-25(8)24(7)32(20-41)38-29-12-10-11-13-33(29)43(40(35)38)34(19-28)37(26)39/h10-19,21-23H,1-9H3/q+1. The van der Waals surface area contributed by atoms with Gasteiger partial charge in [0, 0.05) is 16.8 Å². The van der Waals surface area contributed by atoms with Crippen LogP contribution < -0.4 is 4.57 Å². The highest BCUT2D eigenvalue weighted by Crippen LogP contribution is 2.46. The summed E-state index contributed by atoms with van der Waals surface area (Å²) in [4.78, 5) is 0. The largest absolute Gasteiger partial charge is 0.307 e. The Bertz CT molecular complexity index is 2280. The van der Waals surface area contributed by atoms with Gasteiger partial charge in [-0.2, -0.15) is 5.26 Å². The lowest BCUT2D eigenvalue weighted by molar-refractivity contribution is -0.643. The van der Waals surface area contributed by atoms with Crippen molar-refractivity contribution < 1.29 is 4.57 Å². The molecule has 0 aliphatic rings. The van der Waals surface area contributed by atoms with Gasteiger partial charge in [-0.15, -0.1) is 0 Å². The van der Waals surface area contributed by atoms with E-state index in [0.29, 0.717) is 17.8 Å². The van der Waals surface area contributed by atoms with Crippen molar-refractivity contribution in [3.8, 4) is 17.2 Å². The van der Waals surface area contributed by atoms with Crippen LogP contribution in [0.5, 0.6) is 0 Å². The molecule has 0 aliphatic carbocycles. The first-order valence-corrected chi connectivity index (χ1v) is 15.7. The number of hydrogen-bond donors (Lipinski definition) is 0. The Morgan fingerprint density at radius 1 is 0.744 bits per heavy atom. The molecule has 3 nitrogen and oxygen atoms in total. The average Bonchev–Trinajstić information content (AvgIpc) is 3.32. The minimum Gasteiger partial charge on any atom is -0.307 e. The van der Waals surface area contributed by atoms with Gasteiger partial charge in [0.25, 0.3) is 0 Å². The van der Waals surface area contributed by atoms with Gasteiger partial charge in [-0.05, 0) is 94.1 Å². The van der Waals surface area contributed by atoms with Crippen molar-refractivity contribution in [3.05, 3.63) is 94.2 Å². The number of fused-ring (bicyclic) bond motifs is 5. The van der Waals surface area contributed by atoms with Crippen molar-refractivity contribution in [3.63, 3.8) is 0 Å². The van der Waals surface area contributed by atoms with Gasteiger partial charge >= 0.3 is 0 Å². The Morgan fingerprint density at radius 3 is 2.05 bits per heavy atom. The third kappa shape index (κ3) is 3.69. The average molecular weight is 563 g/mol. The maximum atomic E-state index is 10.4. The number of hydrogen-bond acceptors (Lipinski definition) is 1.